The predicted octanol–water partition coefficient (Wildman–Crippen LogP) is 2.90. The van der Waals surface area contributed by atoms with Crippen LogP contribution in [0, 0.1) is 0 Å². The average molecular weight is 366 g/mol. The van der Waals surface area contributed by atoms with Gasteiger partial charge in [0.2, 0.25) is 0 Å². The molecule has 4 rings (SSSR count). The summed E-state index contributed by atoms with van der Waals surface area (Å²) >= 11 is 0. The standard InChI is InChI=1S/C18H30N4O4/c1-3-25-17(23)21-15(19(21)13-9-5-6-10-13)16-20(14-11-7-8-12-14)22(16)18(24)26-4-2/h13-16H,3-12H2,1-2H3. The van der Waals surface area contributed by atoms with Gasteiger partial charge in [-0.15, -0.1) is 0 Å². The number of ether oxygens (including phenoxy) is 2. The Morgan fingerprint density at radius 2 is 1.08 bits per heavy atom. The Morgan fingerprint density at radius 1 is 0.731 bits per heavy atom. The monoisotopic (exact) mass is 366 g/mol. The molecular weight excluding hydrogens is 336 g/mol. The summed E-state index contributed by atoms with van der Waals surface area (Å²) in [7, 11) is 0. The molecule has 4 aliphatic rings. The highest BCUT2D eigenvalue weighted by atomic mass is 16.6. The topological polar surface area (TPSA) is 64.6 Å². The zero-order chi connectivity index (χ0) is 18.3. The first-order chi connectivity index (χ1) is 12.7. The van der Waals surface area contributed by atoms with E-state index in [-0.39, 0.29) is 24.5 Å². The van der Waals surface area contributed by atoms with Gasteiger partial charge in [-0.1, -0.05) is 25.7 Å². The van der Waals surface area contributed by atoms with Crippen LogP contribution in [-0.2, 0) is 9.47 Å². The molecular formula is C18H30N4O4. The van der Waals surface area contributed by atoms with Gasteiger partial charge < -0.3 is 9.47 Å². The maximum atomic E-state index is 12.5. The van der Waals surface area contributed by atoms with Crippen LogP contribution < -0.4 is 0 Å². The predicted molar refractivity (Wildman–Crippen MR) is 93.5 cm³/mol. The zero-order valence-electron chi connectivity index (χ0n) is 15.8. The van der Waals surface area contributed by atoms with Crippen LogP contribution in [0.3, 0.4) is 0 Å². The first kappa shape index (κ1) is 17.9. The molecule has 0 radical (unpaired) electrons. The van der Waals surface area contributed by atoms with Crippen LogP contribution in [0.15, 0.2) is 0 Å². The summed E-state index contributed by atoms with van der Waals surface area (Å²) < 4.78 is 10.5. The Bertz CT molecular complexity index is 499. The quantitative estimate of drug-likeness (QED) is 0.697. The summed E-state index contributed by atoms with van der Waals surface area (Å²) in [6.45, 7) is 4.37. The smallest absolute Gasteiger partial charge is 0.426 e. The van der Waals surface area contributed by atoms with Crippen LogP contribution in [0.25, 0.3) is 0 Å². The second-order valence-electron chi connectivity index (χ2n) is 7.55. The normalized spacial score (nSPS) is 34.2. The van der Waals surface area contributed by atoms with Gasteiger partial charge in [-0.2, -0.15) is 10.0 Å². The third-order valence-electron chi connectivity index (χ3n) is 6.01. The van der Waals surface area contributed by atoms with E-state index in [0.29, 0.717) is 25.3 Å². The minimum Gasteiger partial charge on any atom is -0.449 e. The van der Waals surface area contributed by atoms with Gasteiger partial charge >= 0.3 is 12.2 Å². The number of amides is 2. The highest BCUT2D eigenvalue weighted by molar-refractivity contribution is 5.73. The Kier molecular flexibility index (Phi) is 4.96. The second-order valence-corrected chi connectivity index (χ2v) is 7.55. The number of hydrogen-bond acceptors (Lipinski definition) is 6. The van der Waals surface area contributed by atoms with Crippen molar-refractivity contribution in [3.8, 4) is 0 Å². The molecule has 2 aliphatic carbocycles. The van der Waals surface area contributed by atoms with E-state index in [1.807, 2.05) is 13.8 Å². The van der Waals surface area contributed by atoms with Gasteiger partial charge in [0.15, 0.2) is 12.3 Å². The molecule has 8 heteroatoms. The van der Waals surface area contributed by atoms with E-state index in [4.69, 9.17) is 9.47 Å². The second kappa shape index (κ2) is 7.23. The van der Waals surface area contributed by atoms with Crippen molar-refractivity contribution in [3.05, 3.63) is 0 Å². The largest absolute Gasteiger partial charge is 0.449 e. The summed E-state index contributed by atoms with van der Waals surface area (Å²) in [6.07, 6.45) is 8.37. The van der Waals surface area contributed by atoms with Gasteiger partial charge in [0.25, 0.3) is 0 Å². The van der Waals surface area contributed by atoms with Crippen LogP contribution in [0.1, 0.15) is 65.2 Å². The van der Waals surface area contributed by atoms with Crippen LogP contribution >= 0.6 is 0 Å². The van der Waals surface area contributed by atoms with Gasteiger partial charge in [-0.05, 0) is 39.5 Å². The molecule has 2 amide bonds. The number of carbonyl (C=O) groups is 2. The van der Waals surface area contributed by atoms with Gasteiger partial charge in [0.05, 0.1) is 13.2 Å². The minimum atomic E-state index is -0.300. The third-order valence-corrected chi connectivity index (χ3v) is 6.01. The third kappa shape index (κ3) is 3.03. The van der Waals surface area contributed by atoms with Crippen molar-refractivity contribution in [1.82, 2.24) is 20.0 Å². The lowest BCUT2D eigenvalue weighted by atomic mass is 10.2. The molecule has 0 aromatic rings. The molecule has 0 aromatic carbocycles. The van der Waals surface area contributed by atoms with Gasteiger partial charge in [-0.3, -0.25) is 0 Å². The fraction of sp³-hybridized carbons (Fsp3) is 0.889. The van der Waals surface area contributed by atoms with E-state index in [0.717, 1.165) is 25.7 Å². The average Bonchev–Trinajstić information content (AvgIpc) is 3.33. The van der Waals surface area contributed by atoms with Crippen molar-refractivity contribution in [1.29, 1.82) is 0 Å². The van der Waals surface area contributed by atoms with Crippen molar-refractivity contribution in [3.63, 3.8) is 0 Å². The molecule has 4 atom stereocenters. The maximum Gasteiger partial charge on any atom is 0.426 e. The molecule has 2 heterocycles. The highest BCUT2D eigenvalue weighted by Crippen LogP contribution is 2.49. The lowest BCUT2D eigenvalue weighted by molar-refractivity contribution is 0.110. The fourth-order valence-corrected chi connectivity index (χ4v) is 4.83. The SMILES string of the molecule is CCOC(=O)N1C(C2N(C(=O)OCC)N2C2CCCC2)N1C1CCCC1. The van der Waals surface area contributed by atoms with Crippen LogP contribution in [0.4, 0.5) is 9.59 Å². The number of hydrazine groups is 2. The van der Waals surface area contributed by atoms with Crippen LogP contribution in [-0.4, -0.2) is 69.9 Å². The first-order valence-electron chi connectivity index (χ1n) is 10.2. The number of carbonyl (C=O) groups excluding carboxylic acids is 2. The van der Waals surface area contributed by atoms with Crippen molar-refractivity contribution in [2.45, 2.75) is 89.6 Å². The highest BCUT2D eigenvalue weighted by Gasteiger charge is 2.70. The molecule has 0 N–H and O–H groups in total. The van der Waals surface area contributed by atoms with E-state index in [1.54, 1.807) is 10.0 Å². The van der Waals surface area contributed by atoms with E-state index < -0.39 is 0 Å². The minimum absolute atomic E-state index is 0.109. The summed E-state index contributed by atoms with van der Waals surface area (Å²) in [5, 5.41) is 7.75. The molecule has 4 unspecified atom stereocenters. The Morgan fingerprint density at radius 3 is 1.38 bits per heavy atom. The number of hydrogen-bond donors (Lipinski definition) is 0. The molecule has 2 aliphatic heterocycles. The Labute approximate surface area is 154 Å². The Hall–Kier alpha value is -1.54. The molecule has 0 spiro atoms. The lowest BCUT2D eigenvalue weighted by Crippen LogP contribution is -2.24. The molecule has 2 saturated carbocycles. The van der Waals surface area contributed by atoms with E-state index in [1.165, 1.54) is 25.7 Å². The molecule has 0 bridgehead atoms. The van der Waals surface area contributed by atoms with Crippen molar-refractivity contribution < 1.29 is 19.1 Å². The lowest BCUT2D eigenvalue weighted by Gasteiger charge is -2.11. The molecule has 26 heavy (non-hydrogen) atoms. The summed E-state index contributed by atoms with van der Waals surface area (Å²) in [6, 6.07) is 0.749. The van der Waals surface area contributed by atoms with Crippen LogP contribution in [0.2, 0.25) is 0 Å². The summed E-state index contributed by atoms with van der Waals surface area (Å²) in [5.41, 5.74) is 0. The molecule has 8 nitrogen and oxygen atoms in total. The first-order valence-corrected chi connectivity index (χ1v) is 10.2. The van der Waals surface area contributed by atoms with Crippen molar-refractivity contribution >= 4 is 12.2 Å². The Balaban J connectivity index is 1.52. The van der Waals surface area contributed by atoms with E-state index >= 15 is 0 Å². The number of nitrogens with zero attached hydrogens (tertiary/aromatic N) is 4. The van der Waals surface area contributed by atoms with Gasteiger partial charge in [0, 0.05) is 12.1 Å². The molecule has 146 valence electrons. The molecule has 2 saturated heterocycles. The summed E-state index contributed by atoms with van der Waals surface area (Å²) in [5.74, 6) is 0. The molecule has 0 aromatic heterocycles. The van der Waals surface area contributed by atoms with Crippen molar-refractivity contribution in [2.75, 3.05) is 13.2 Å². The van der Waals surface area contributed by atoms with E-state index in [9.17, 15) is 9.59 Å². The maximum absolute atomic E-state index is 12.5. The fourth-order valence-electron chi connectivity index (χ4n) is 4.83. The van der Waals surface area contributed by atoms with Gasteiger partial charge in [-0.25, -0.2) is 19.6 Å². The van der Waals surface area contributed by atoms with Crippen LogP contribution in [0.5, 0.6) is 0 Å². The number of rotatable bonds is 5. The summed E-state index contributed by atoms with van der Waals surface area (Å²) in [4.78, 5) is 24.9. The van der Waals surface area contributed by atoms with Crippen molar-refractivity contribution in [2.24, 2.45) is 0 Å². The molecule has 4 fully saturated rings. The zero-order valence-corrected chi connectivity index (χ0v) is 15.8. The van der Waals surface area contributed by atoms with Gasteiger partial charge in [0.1, 0.15) is 0 Å². The van der Waals surface area contributed by atoms with E-state index in [2.05, 4.69) is 10.0 Å².